The smallest absolute Gasteiger partial charge is 0.355 e. The number of benzene rings is 1. The number of amides is 2. The van der Waals surface area contributed by atoms with Crippen molar-refractivity contribution in [2.24, 2.45) is 0 Å². The lowest BCUT2D eigenvalue weighted by Crippen LogP contribution is -2.70. The van der Waals surface area contributed by atoms with Gasteiger partial charge in [0.25, 0.3) is 11.8 Å². The molecule has 2 aliphatic rings. The van der Waals surface area contributed by atoms with Crippen LogP contribution < -0.4 is 10.1 Å². The Bertz CT molecular complexity index is 765. The van der Waals surface area contributed by atoms with Crippen molar-refractivity contribution >= 4 is 29.5 Å². The van der Waals surface area contributed by atoms with Gasteiger partial charge in [0.2, 0.25) is 0 Å². The number of carbonyl (C=O) groups is 3. The number of nitrogens with zero attached hydrogens (tertiary/aromatic N) is 1. The molecule has 1 aromatic rings. The van der Waals surface area contributed by atoms with E-state index in [-0.39, 0.29) is 23.8 Å². The largest absolute Gasteiger partial charge is 0.484 e. The fourth-order valence-corrected chi connectivity index (χ4v) is 4.20. The summed E-state index contributed by atoms with van der Waals surface area (Å²) < 4.78 is 10.6. The third-order valence-electron chi connectivity index (χ3n) is 4.22. The highest BCUT2D eigenvalue weighted by molar-refractivity contribution is 8.00. The number of fused-ring (bicyclic) bond motifs is 1. The standard InChI is InChI=1S/C19H22N2O5S/c1-3-9-25-19(24)16-12(2)11-27-18-15(17(23)21(16)18)20-14(22)10-26-13-7-5-4-6-8-13/h4-8,15,18H,3,9-11H2,1-2H3,(H,20,22). The van der Waals surface area contributed by atoms with Crippen LogP contribution in [0.25, 0.3) is 0 Å². The summed E-state index contributed by atoms with van der Waals surface area (Å²) in [6, 6.07) is 8.32. The molecule has 2 heterocycles. The Balaban J connectivity index is 1.58. The first-order valence-electron chi connectivity index (χ1n) is 8.81. The normalized spacial score (nSPS) is 21.3. The molecule has 2 aliphatic heterocycles. The van der Waals surface area contributed by atoms with E-state index >= 15 is 0 Å². The molecular weight excluding hydrogens is 368 g/mol. The number of ether oxygens (including phenoxy) is 2. The maximum Gasteiger partial charge on any atom is 0.355 e. The molecule has 0 saturated carbocycles. The van der Waals surface area contributed by atoms with E-state index in [0.717, 1.165) is 5.57 Å². The predicted molar refractivity (Wildman–Crippen MR) is 101 cm³/mol. The molecule has 2 unspecified atom stereocenters. The average Bonchev–Trinajstić information content (AvgIpc) is 2.69. The van der Waals surface area contributed by atoms with Gasteiger partial charge in [-0.05, 0) is 31.1 Å². The van der Waals surface area contributed by atoms with Gasteiger partial charge in [-0.15, -0.1) is 11.8 Å². The highest BCUT2D eigenvalue weighted by atomic mass is 32.2. The molecule has 0 bridgehead atoms. The van der Waals surface area contributed by atoms with Gasteiger partial charge in [0.1, 0.15) is 22.9 Å². The highest BCUT2D eigenvalue weighted by Gasteiger charge is 2.53. The van der Waals surface area contributed by atoms with Gasteiger partial charge in [0.05, 0.1) is 6.61 Å². The lowest BCUT2D eigenvalue weighted by Gasteiger charge is -2.49. The van der Waals surface area contributed by atoms with Gasteiger partial charge >= 0.3 is 5.97 Å². The highest BCUT2D eigenvalue weighted by Crippen LogP contribution is 2.40. The first-order valence-corrected chi connectivity index (χ1v) is 9.86. The molecule has 8 heteroatoms. The van der Waals surface area contributed by atoms with Gasteiger partial charge in [-0.2, -0.15) is 0 Å². The van der Waals surface area contributed by atoms with Crippen molar-refractivity contribution in [2.75, 3.05) is 19.0 Å². The Labute approximate surface area is 162 Å². The summed E-state index contributed by atoms with van der Waals surface area (Å²) in [5, 5.41) is 2.40. The summed E-state index contributed by atoms with van der Waals surface area (Å²) in [4.78, 5) is 38.4. The van der Waals surface area contributed by atoms with Crippen LogP contribution in [-0.4, -0.2) is 53.1 Å². The van der Waals surface area contributed by atoms with Crippen LogP contribution in [0.4, 0.5) is 0 Å². The van der Waals surface area contributed by atoms with Crippen molar-refractivity contribution in [1.29, 1.82) is 0 Å². The van der Waals surface area contributed by atoms with Crippen LogP contribution in [0.1, 0.15) is 20.3 Å². The van der Waals surface area contributed by atoms with Gasteiger partial charge < -0.3 is 14.8 Å². The van der Waals surface area contributed by atoms with E-state index in [1.54, 1.807) is 12.1 Å². The van der Waals surface area contributed by atoms with E-state index in [4.69, 9.17) is 9.47 Å². The van der Waals surface area contributed by atoms with Crippen molar-refractivity contribution in [1.82, 2.24) is 10.2 Å². The molecule has 2 atom stereocenters. The van der Waals surface area contributed by atoms with Crippen molar-refractivity contribution in [2.45, 2.75) is 31.7 Å². The van der Waals surface area contributed by atoms with Gasteiger partial charge in [-0.25, -0.2) is 4.79 Å². The quantitative estimate of drug-likeness (QED) is 0.563. The zero-order valence-corrected chi connectivity index (χ0v) is 16.1. The Morgan fingerprint density at radius 2 is 2.04 bits per heavy atom. The van der Waals surface area contributed by atoms with Crippen LogP contribution in [0.15, 0.2) is 41.6 Å². The molecule has 0 aromatic heterocycles. The molecule has 1 saturated heterocycles. The Morgan fingerprint density at radius 1 is 1.30 bits per heavy atom. The van der Waals surface area contributed by atoms with Crippen LogP contribution in [0.5, 0.6) is 5.75 Å². The van der Waals surface area contributed by atoms with Crippen molar-refractivity contribution in [3.05, 3.63) is 41.6 Å². The molecule has 7 nitrogen and oxygen atoms in total. The van der Waals surface area contributed by atoms with E-state index in [9.17, 15) is 14.4 Å². The number of para-hydroxylation sites is 1. The minimum absolute atomic E-state index is 0.175. The monoisotopic (exact) mass is 390 g/mol. The maximum absolute atomic E-state index is 12.6. The molecule has 0 spiro atoms. The fraction of sp³-hybridized carbons (Fsp3) is 0.421. The molecule has 2 amide bonds. The van der Waals surface area contributed by atoms with Crippen molar-refractivity contribution in [3.63, 3.8) is 0 Å². The molecule has 144 valence electrons. The predicted octanol–water partition coefficient (Wildman–Crippen LogP) is 1.69. The number of rotatable bonds is 7. The molecule has 0 aliphatic carbocycles. The lowest BCUT2D eigenvalue weighted by molar-refractivity contribution is -0.153. The van der Waals surface area contributed by atoms with E-state index in [1.807, 2.05) is 32.0 Å². The van der Waals surface area contributed by atoms with E-state index in [0.29, 0.717) is 30.2 Å². The summed E-state index contributed by atoms with van der Waals surface area (Å²) in [5.74, 6) is 0.0330. The number of carbonyl (C=O) groups excluding carboxylic acids is 3. The number of nitrogens with one attached hydrogen (secondary N) is 1. The van der Waals surface area contributed by atoms with Gasteiger partial charge in [0, 0.05) is 5.75 Å². The first kappa shape index (κ1) is 19.3. The summed E-state index contributed by atoms with van der Waals surface area (Å²) in [6.45, 7) is 3.86. The van der Waals surface area contributed by atoms with E-state index < -0.39 is 12.0 Å². The van der Waals surface area contributed by atoms with E-state index in [1.165, 1.54) is 16.7 Å². The number of hydrogen-bond acceptors (Lipinski definition) is 6. The Hall–Kier alpha value is -2.48. The second-order valence-electron chi connectivity index (χ2n) is 6.32. The number of hydrogen-bond donors (Lipinski definition) is 1. The summed E-state index contributed by atoms with van der Waals surface area (Å²) in [6.07, 6.45) is 0.713. The molecule has 27 heavy (non-hydrogen) atoms. The Kier molecular flexibility index (Phi) is 6.05. The molecule has 1 aromatic carbocycles. The van der Waals surface area contributed by atoms with Crippen molar-refractivity contribution < 1.29 is 23.9 Å². The SMILES string of the molecule is CCCOC(=O)C1=C(C)CSC2C(NC(=O)COc3ccccc3)C(=O)N12. The Morgan fingerprint density at radius 3 is 2.74 bits per heavy atom. The third kappa shape index (κ3) is 4.10. The summed E-state index contributed by atoms with van der Waals surface area (Å²) in [5.41, 5.74) is 1.12. The summed E-state index contributed by atoms with van der Waals surface area (Å²) >= 11 is 1.52. The zero-order chi connectivity index (χ0) is 19.4. The minimum atomic E-state index is -0.663. The van der Waals surface area contributed by atoms with Crippen molar-refractivity contribution in [3.8, 4) is 5.75 Å². The topological polar surface area (TPSA) is 84.9 Å². The molecule has 1 N–H and O–H groups in total. The molecule has 0 radical (unpaired) electrons. The van der Waals surface area contributed by atoms with Crippen LogP contribution in [-0.2, 0) is 19.1 Å². The molecule has 1 fully saturated rings. The van der Waals surface area contributed by atoms with Gasteiger partial charge in [0.15, 0.2) is 6.61 Å². The average molecular weight is 390 g/mol. The van der Waals surface area contributed by atoms with Crippen LogP contribution in [0.2, 0.25) is 0 Å². The second-order valence-corrected chi connectivity index (χ2v) is 7.43. The number of esters is 1. The van der Waals surface area contributed by atoms with Gasteiger partial charge in [-0.1, -0.05) is 25.1 Å². The minimum Gasteiger partial charge on any atom is -0.484 e. The fourth-order valence-electron chi connectivity index (χ4n) is 2.91. The van der Waals surface area contributed by atoms with Crippen LogP contribution >= 0.6 is 11.8 Å². The van der Waals surface area contributed by atoms with Gasteiger partial charge in [-0.3, -0.25) is 14.5 Å². The van der Waals surface area contributed by atoms with Crippen LogP contribution in [0, 0.1) is 0 Å². The van der Waals surface area contributed by atoms with Crippen LogP contribution in [0.3, 0.4) is 0 Å². The summed E-state index contributed by atoms with van der Waals surface area (Å²) in [7, 11) is 0. The third-order valence-corrected chi connectivity index (χ3v) is 5.64. The first-order chi connectivity index (χ1) is 13.0. The molecule has 3 rings (SSSR count). The second kappa shape index (κ2) is 8.47. The molecular formula is C19H22N2O5S. The number of β-lactam (4-membered cyclic amide) rings is 1. The van der Waals surface area contributed by atoms with E-state index in [2.05, 4.69) is 5.32 Å². The maximum atomic E-state index is 12.6. The lowest BCUT2D eigenvalue weighted by atomic mass is 10.0. The number of thioether (sulfide) groups is 1. The zero-order valence-electron chi connectivity index (χ0n) is 15.3.